The van der Waals surface area contributed by atoms with Gasteiger partial charge in [0.25, 0.3) is 0 Å². The predicted octanol–water partition coefficient (Wildman–Crippen LogP) is 1.46. The number of aliphatic imine (C=N–C) groups is 1. The molecular formula is C15H27N3O2. The molecule has 2 N–H and O–H groups in total. The third-order valence-corrected chi connectivity index (χ3v) is 3.95. The van der Waals surface area contributed by atoms with Gasteiger partial charge in [-0.2, -0.15) is 0 Å². The molecule has 0 aromatic heterocycles. The molecule has 20 heavy (non-hydrogen) atoms. The second-order valence-corrected chi connectivity index (χ2v) is 5.69. The summed E-state index contributed by atoms with van der Waals surface area (Å²) in [5.41, 5.74) is 1.44. The SMILES string of the molecule is CN=C(NCCC1=CCOCC1)NCC1(C)CCCO1. The Bertz CT molecular complexity index is 360. The zero-order chi connectivity index (χ0) is 14.3. The maximum atomic E-state index is 5.77. The fourth-order valence-electron chi connectivity index (χ4n) is 2.60. The van der Waals surface area contributed by atoms with Crippen LogP contribution in [0.5, 0.6) is 0 Å². The van der Waals surface area contributed by atoms with Gasteiger partial charge in [0.1, 0.15) is 0 Å². The molecule has 1 unspecified atom stereocenters. The largest absolute Gasteiger partial charge is 0.377 e. The number of guanidine groups is 1. The Morgan fingerprint density at radius 3 is 2.95 bits per heavy atom. The van der Waals surface area contributed by atoms with Crippen molar-refractivity contribution in [2.45, 2.75) is 38.2 Å². The molecule has 1 saturated heterocycles. The van der Waals surface area contributed by atoms with Gasteiger partial charge in [0.2, 0.25) is 0 Å². The molecule has 0 aromatic carbocycles. The predicted molar refractivity (Wildman–Crippen MR) is 81.1 cm³/mol. The summed E-state index contributed by atoms with van der Waals surface area (Å²) < 4.78 is 11.1. The molecule has 0 saturated carbocycles. The van der Waals surface area contributed by atoms with E-state index in [1.54, 1.807) is 7.05 Å². The van der Waals surface area contributed by atoms with Gasteiger partial charge in [-0.05, 0) is 32.6 Å². The molecule has 0 radical (unpaired) electrons. The summed E-state index contributed by atoms with van der Waals surface area (Å²) in [6.45, 7) is 6.37. The zero-order valence-corrected chi connectivity index (χ0v) is 12.7. The minimum atomic E-state index is -0.0408. The smallest absolute Gasteiger partial charge is 0.191 e. The van der Waals surface area contributed by atoms with Crippen molar-refractivity contribution in [3.05, 3.63) is 11.6 Å². The molecule has 1 fully saturated rings. The molecule has 1 atom stereocenters. The van der Waals surface area contributed by atoms with Crippen LogP contribution >= 0.6 is 0 Å². The van der Waals surface area contributed by atoms with E-state index in [0.29, 0.717) is 0 Å². The van der Waals surface area contributed by atoms with Gasteiger partial charge in [-0.25, -0.2) is 0 Å². The van der Waals surface area contributed by atoms with Crippen LogP contribution in [0, 0.1) is 0 Å². The van der Waals surface area contributed by atoms with Crippen LogP contribution in [0.25, 0.3) is 0 Å². The summed E-state index contributed by atoms with van der Waals surface area (Å²) in [6, 6.07) is 0. The summed E-state index contributed by atoms with van der Waals surface area (Å²) in [6.07, 6.45) is 6.57. The Balaban J connectivity index is 1.66. The van der Waals surface area contributed by atoms with Crippen molar-refractivity contribution in [1.29, 1.82) is 0 Å². The topological polar surface area (TPSA) is 54.9 Å². The van der Waals surface area contributed by atoms with Crippen molar-refractivity contribution in [3.8, 4) is 0 Å². The zero-order valence-electron chi connectivity index (χ0n) is 12.7. The first-order valence-electron chi connectivity index (χ1n) is 7.56. The molecular weight excluding hydrogens is 254 g/mol. The van der Waals surface area contributed by atoms with Gasteiger partial charge in [-0.1, -0.05) is 11.6 Å². The number of hydrogen-bond donors (Lipinski definition) is 2. The van der Waals surface area contributed by atoms with E-state index in [1.807, 2.05) is 0 Å². The van der Waals surface area contributed by atoms with E-state index in [9.17, 15) is 0 Å². The lowest BCUT2D eigenvalue weighted by Crippen LogP contribution is -2.45. The summed E-state index contributed by atoms with van der Waals surface area (Å²) in [5.74, 6) is 0.856. The third-order valence-electron chi connectivity index (χ3n) is 3.95. The molecule has 2 rings (SSSR count). The second kappa shape index (κ2) is 7.64. The maximum absolute atomic E-state index is 5.77. The van der Waals surface area contributed by atoms with E-state index in [4.69, 9.17) is 9.47 Å². The third kappa shape index (κ3) is 4.80. The van der Waals surface area contributed by atoms with Crippen LogP contribution in [0.15, 0.2) is 16.6 Å². The summed E-state index contributed by atoms with van der Waals surface area (Å²) in [7, 11) is 1.81. The Kier molecular flexibility index (Phi) is 5.86. The van der Waals surface area contributed by atoms with Crippen molar-refractivity contribution < 1.29 is 9.47 Å². The van der Waals surface area contributed by atoms with Crippen molar-refractivity contribution in [1.82, 2.24) is 10.6 Å². The van der Waals surface area contributed by atoms with Gasteiger partial charge in [0.05, 0.1) is 18.8 Å². The average molecular weight is 281 g/mol. The minimum Gasteiger partial charge on any atom is -0.377 e. The Hall–Kier alpha value is -1.07. The molecule has 2 aliphatic heterocycles. The molecule has 114 valence electrons. The summed E-state index contributed by atoms with van der Waals surface area (Å²) in [4.78, 5) is 4.26. The first-order valence-corrected chi connectivity index (χ1v) is 7.56. The number of nitrogens with zero attached hydrogens (tertiary/aromatic N) is 1. The second-order valence-electron chi connectivity index (χ2n) is 5.69. The van der Waals surface area contributed by atoms with Crippen molar-refractivity contribution in [3.63, 3.8) is 0 Å². The molecule has 2 heterocycles. The van der Waals surface area contributed by atoms with Crippen LogP contribution < -0.4 is 10.6 Å². The monoisotopic (exact) mass is 281 g/mol. The molecule has 0 spiro atoms. The van der Waals surface area contributed by atoms with Crippen molar-refractivity contribution in [2.75, 3.05) is 40.0 Å². The number of nitrogens with one attached hydrogen (secondary N) is 2. The van der Waals surface area contributed by atoms with Crippen LogP contribution in [-0.2, 0) is 9.47 Å². The van der Waals surface area contributed by atoms with E-state index >= 15 is 0 Å². The van der Waals surface area contributed by atoms with E-state index < -0.39 is 0 Å². The van der Waals surface area contributed by atoms with Gasteiger partial charge < -0.3 is 20.1 Å². The Labute approximate surface area is 121 Å². The lowest BCUT2D eigenvalue weighted by Gasteiger charge is -2.24. The Morgan fingerprint density at radius 1 is 1.40 bits per heavy atom. The molecule has 0 bridgehead atoms. The van der Waals surface area contributed by atoms with Crippen molar-refractivity contribution in [2.24, 2.45) is 4.99 Å². The Morgan fingerprint density at radius 2 is 2.30 bits per heavy atom. The van der Waals surface area contributed by atoms with E-state index in [-0.39, 0.29) is 5.60 Å². The van der Waals surface area contributed by atoms with Crippen LogP contribution in [0.3, 0.4) is 0 Å². The first-order chi connectivity index (χ1) is 9.72. The van der Waals surface area contributed by atoms with Gasteiger partial charge in [0, 0.05) is 26.7 Å². The number of rotatable bonds is 5. The standard InChI is InChI=1S/C15H27N3O2/c1-15(7-3-9-20-15)12-18-14(16-2)17-8-4-13-5-10-19-11-6-13/h5H,3-4,6-12H2,1-2H3,(H2,16,17,18). The minimum absolute atomic E-state index is 0.0408. The lowest BCUT2D eigenvalue weighted by atomic mass is 10.0. The highest BCUT2D eigenvalue weighted by molar-refractivity contribution is 5.79. The van der Waals surface area contributed by atoms with E-state index in [1.165, 1.54) is 5.57 Å². The number of hydrogen-bond acceptors (Lipinski definition) is 3. The maximum Gasteiger partial charge on any atom is 0.191 e. The van der Waals surface area contributed by atoms with Crippen LogP contribution in [0.2, 0.25) is 0 Å². The van der Waals surface area contributed by atoms with Gasteiger partial charge in [0.15, 0.2) is 5.96 Å². The molecule has 0 aromatic rings. The number of ether oxygens (including phenoxy) is 2. The van der Waals surface area contributed by atoms with Crippen molar-refractivity contribution >= 4 is 5.96 Å². The van der Waals surface area contributed by atoms with Gasteiger partial charge in [-0.15, -0.1) is 0 Å². The van der Waals surface area contributed by atoms with E-state index in [2.05, 4.69) is 28.6 Å². The molecule has 0 amide bonds. The normalized spacial score (nSPS) is 27.3. The first kappa shape index (κ1) is 15.3. The highest BCUT2D eigenvalue weighted by Crippen LogP contribution is 2.23. The summed E-state index contributed by atoms with van der Waals surface area (Å²) in [5, 5.41) is 6.72. The molecule has 2 aliphatic rings. The van der Waals surface area contributed by atoms with Gasteiger partial charge in [-0.3, -0.25) is 4.99 Å². The molecule has 5 heteroatoms. The van der Waals surface area contributed by atoms with Crippen LogP contribution in [0.1, 0.15) is 32.6 Å². The lowest BCUT2D eigenvalue weighted by molar-refractivity contribution is 0.0243. The highest BCUT2D eigenvalue weighted by Gasteiger charge is 2.29. The quantitative estimate of drug-likeness (QED) is 0.455. The van der Waals surface area contributed by atoms with Gasteiger partial charge >= 0.3 is 0 Å². The molecule has 5 nitrogen and oxygen atoms in total. The van der Waals surface area contributed by atoms with E-state index in [0.717, 1.165) is 64.6 Å². The summed E-state index contributed by atoms with van der Waals surface area (Å²) >= 11 is 0. The fourth-order valence-corrected chi connectivity index (χ4v) is 2.60. The highest BCUT2D eigenvalue weighted by atomic mass is 16.5. The van der Waals surface area contributed by atoms with Crippen LogP contribution in [-0.4, -0.2) is 51.5 Å². The average Bonchev–Trinajstić information content (AvgIpc) is 2.91. The van der Waals surface area contributed by atoms with Crippen LogP contribution in [0.4, 0.5) is 0 Å². The molecule has 0 aliphatic carbocycles. The fraction of sp³-hybridized carbons (Fsp3) is 0.800.